The number of nitrogens with zero attached hydrogens (tertiary/aromatic N) is 4. The summed E-state index contributed by atoms with van der Waals surface area (Å²) in [7, 11) is 1.61. The maximum Gasteiger partial charge on any atom is 0.272 e. The van der Waals surface area contributed by atoms with Crippen molar-refractivity contribution < 1.29 is 14.4 Å². The van der Waals surface area contributed by atoms with E-state index in [9.17, 15) is 14.4 Å². The Hall–Kier alpha value is -3.20. The van der Waals surface area contributed by atoms with Crippen LogP contribution in [-0.4, -0.2) is 76.1 Å². The zero-order chi connectivity index (χ0) is 24.1. The minimum absolute atomic E-state index is 0.174. The van der Waals surface area contributed by atoms with Crippen molar-refractivity contribution in [3.05, 3.63) is 53.3 Å². The molecule has 1 saturated heterocycles. The number of hydrogen-bond donors (Lipinski definition) is 2. The van der Waals surface area contributed by atoms with Crippen LogP contribution in [0.5, 0.6) is 0 Å². The van der Waals surface area contributed by atoms with E-state index >= 15 is 0 Å². The molecule has 1 aromatic carbocycles. The maximum absolute atomic E-state index is 13.1. The molecule has 1 aromatic heterocycles. The molecular weight excluding hydrogens is 432 g/mol. The summed E-state index contributed by atoms with van der Waals surface area (Å²) in [4.78, 5) is 42.6. The molecule has 2 aliphatic heterocycles. The molecule has 9 heteroatoms. The molecule has 1 fully saturated rings. The predicted octanol–water partition coefficient (Wildman–Crippen LogP) is 1.65. The van der Waals surface area contributed by atoms with Crippen molar-refractivity contribution in [1.82, 2.24) is 30.2 Å². The molecule has 2 N–H and O–H groups in total. The summed E-state index contributed by atoms with van der Waals surface area (Å²) in [6.07, 6.45) is 4.68. The Bertz CT molecular complexity index is 1030. The third-order valence-electron chi connectivity index (χ3n) is 6.90. The van der Waals surface area contributed by atoms with E-state index in [1.54, 1.807) is 14.0 Å². The molecule has 34 heavy (non-hydrogen) atoms. The summed E-state index contributed by atoms with van der Waals surface area (Å²) in [6.45, 7) is 6.06. The number of carbonyl (C=O) groups is 3. The molecule has 2 aliphatic rings. The first-order chi connectivity index (χ1) is 16.4. The van der Waals surface area contributed by atoms with Gasteiger partial charge in [-0.1, -0.05) is 36.8 Å². The van der Waals surface area contributed by atoms with Gasteiger partial charge in [-0.15, -0.1) is 0 Å². The van der Waals surface area contributed by atoms with E-state index in [-0.39, 0.29) is 30.0 Å². The van der Waals surface area contributed by atoms with Gasteiger partial charge < -0.3 is 20.4 Å². The van der Waals surface area contributed by atoms with Crippen LogP contribution in [0.25, 0.3) is 0 Å². The molecule has 2 aromatic rings. The predicted molar refractivity (Wildman–Crippen MR) is 128 cm³/mol. The van der Waals surface area contributed by atoms with Crippen LogP contribution in [0, 0.1) is 0 Å². The van der Waals surface area contributed by atoms with Gasteiger partial charge in [0.25, 0.3) is 11.8 Å². The number of amides is 3. The van der Waals surface area contributed by atoms with Gasteiger partial charge in [0, 0.05) is 26.2 Å². The molecular formula is C25H34N6O3. The second-order valence-electron chi connectivity index (χ2n) is 9.39. The number of piperidine rings is 1. The van der Waals surface area contributed by atoms with Crippen molar-refractivity contribution in [1.29, 1.82) is 0 Å². The largest absolute Gasteiger partial charge is 0.351 e. The van der Waals surface area contributed by atoms with Gasteiger partial charge >= 0.3 is 0 Å². The van der Waals surface area contributed by atoms with Gasteiger partial charge in [0.15, 0.2) is 5.69 Å². The SMILES string of the molecule is CN1C(=O)c2cc(C(=O)NCCCN3CCCCC3)nn2C[C@]1(C)C(=O)NCc1ccccc1. The van der Waals surface area contributed by atoms with E-state index in [0.717, 1.165) is 31.6 Å². The molecule has 0 unspecified atom stereocenters. The van der Waals surface area contributed by atoms with E-state index in [2.05, 4.69) is 20.6 Å². The summed E-state index contributed by atoms with van der Waals surface area (Å²) in [5, 5.41) is 10.2. The lowest BCUT2D eigenvalue weighted by molar-refractivity contribution is -0.132. The molecule has 3 heterocycles. The lowest BCUT2D eigenvalue weighted by Crippen LogP contribution is -2.62. The monoisotopic (exact) mass is 466 g/mol. The second kappa shape index (κ2) is 10.4. The average molecular weight is 467 g/mol. The Balaban J connectivity index is 1.36. The molecule has 3 amide bonds. The standard InChI is InChI=1S/C25H34N6O3/c1-25(24(34)27-17-19-10-5-3-6-11-19)18-31-21(23(33)29(25)2)16-20(28-31)22(32)26-12-9-15-30-13-7-4-8-14-30/h3,5-6,10-11,16H,4,7-9,12-15,17-18H2,1-2H3,(H,26,32)(H,27,34)/t25-/m1/s1. The fraction of sp³-hybridized carbons (Fsp3) is 0.520. The Morgan fingerprint density at radius 2 is 1.82 bits per heavy atom. The van der Waals surface area contributed by atoms with Gasteiger partial charge in [-0.25, -0.2) is 0 Å². The second-order valence-corrected chi connectivity index (χ2v) is 9.39. The number of likely N-dealkylation sites (N-methyl/N-ethyl adjacent to an activating group) is 1. The highest BCUT2D eigenvalue weighted by molar-refractivity contribution is 6.01. The number of hydrogen-bond acceptors (Lipinski definition) is 5. The maximum atomic E-state index is 13.1. The Morgan fingerprint density at radius 1 is 1.09 bits per heavy atom. The highest BCUT2D eigenvalue weighted by atomic mass is 16.2. The molecule has 9 nitrogen and oxygen atoms in total. The van der Waals surface area contributed by atoms with E-state index < -0.39 is 5.54 Å². The molecule has 0 aliphatic carbocycles. The molecule has 1 atom stereocenters. The van der Waals surface area contributed by atoms with Crippen LogP contribution in [-0.2, 0) is 17.9 Å². The fourth-order valence-corrected chi connectivity index (χ4v) is 4.58. The van der Waals surface area contributed by atoms with Crippen molar-refractivity contribution in [3.8, 4) is 0 Å². The van der Waals surface area contributed by atoms with E-state index in [1.165, 1.54) is 34.9 Å². The summed E-state index contributed by atoms with van der Waals surface area (Å²) < 4.78 is 1.48. The van der Waals surface area contributed by atoms with Gasteiger partial charge in [0.2, 0.25) is 5.91 Å². The molecule has 182 valence electrons. The van der Waals surface area contributed by atoms with Crippen LogP contribution >= 0.6 is 0 Å². The Morgan fingerprint density at radius 3 is 2.56 bits per heavy atom. The summed E-state index contributed by atoms with van der Waals surface area (Å²) in [6, 6.07) is 11.1. The zero-order valence-electron chi connectivity index (χ0n) is 20.0. The average Bonchev–Trinajstić information content (AvgIpc) is 3.29. The number of benzene rings is 1. The number of likely N-dealkylation sites (tertiary alicyclic amines) is 1. The molecule has 0 radical (unpaired) electrons. The number of rotatable bonds is 8. The topological polar surface area (TPSA) is 99.6 Å². The van der Waals surface area contributed by atoms with Crippen LogP contribution < -0.4 is 10.6 Å². The number of nitrogens with one attached hydrogen (secondary N) is 2. The number of aromatic nitrogens is 2. The van der Waals surface area contributed by atoms with Crippen molar-refractivity contribution >= 4 is 17.7 Å². The smallest absolute Gasteiger partial charge is 0.272 e. The normalized spacial score (nSPS) is 20.6. The number of carbonyl (C=O) groups excluding carboxylic acids is 3. The molecule has 0 bridgehead atoms. The Kier molecular flexibility index (Phi) is 7.31. The highest BCUT2D eigenvalue weighted by Gasteiger charge is 2.46. The summed E-state index contributed by atoms with van der Waals surface area (Å²) in [5.41, 5.74) is 0.369. The van der Waals surface area contributed by atoms with Gasteiger partial charge in [0.05, 0.1) is 6.54 Å². The van der Waals surface area contributed by atoms with Crippen molar-refractivity contribution in [2.24, 2.45) is 0 Å². The fourth-order valence-electron chi connectivity index (χ4n) is 4.58. The van der Waals surface area contributed by atoms with Crippen LogP contribution in [0.1, 0.15) is 59.1 Å². The van der Waals surface area contributed by atoms with Gasteiger partial charge in [-0.05, 0) is 51.4 Å². The van der Waals surface area contributed by atoms with E-state index in [4.69, 9.17) is 0 Å². The highest BCUT2D eigenvalue weighted by Crippen LogP contribution is 2.26. The van der Waals surface area contributed by atoms with Gasteiger partial charge in [-0.3, -0.25) is 19.1 Å². The molecule has 0 spiro atoms. The number of fused-ring (bicyclic) bond motifs is 1. The third kappa shape index (κ3) is 5.14. The molecule has 4 rings (SSSR count). The van der Waals surface area contributed by atoms with Gasteiger partial charge in [-0.2, -0.15) is 5.10 Å². The van der Waals surface area contributed by atoms with Crippen LogP contribution in [0.3, 0.4) is 0 Å². The van der Waals surface area contributed by atoms with Crippen molar-refractivity contribution in [2.75, 3.05) is 33.2 Å². The van der Waals surface area contributed by atoms with Crippen LogP contribution in [0.15, 0.2) is 36.4 Å². The third-order valence-corrected chi connectivity index (χ3v) is 6.90. The first-order valence-corrected chi connectivity index (χ1v) is 12.1. The molecule has 0 saturated carbocycles. The summed E-state index contributed by atoms with van der Waals surface area (Å²) in [5.74, 6) is -0.899. The van der Waals surface area contributed by atoms with Gasteiger partial charge in [0.1, 0.15) is 11.2 Å². The first-order valence-electron chi connectivity index (χ1n) is 12.1. The summed E-state index contributed by atoms with van der Waals surface area (Å²) >= 11 is 0. The minimum atomic E-state index is -1.12. The lowest BCUT2D eigenvalue weighted by atomic mass is 9.96. The lowest BCUT2D eigenvalue weighted by Gasteiger charge is -2.40. The van der Waals surface area contributed by atoms with Crippen LogP contribution in [0.2, 0.25) is 0 Å². The quantitative estimate of drug-likeness (QED) is 0.577. The van der Waals surface area contributed by atoms with E-state index in [0.29, 0.717) is 18.8 Å². The van der Waals surface area contributed by atoms with Crippen molar-refractivity contribution in [3.63, 3.8) is 0 Å². The minimum Gasteiger partial charge on any atom is -0.351 e. The Labute approximate surface area is 200 Å². The van der Waals surface area contributed by atoms with E-state index in [1.807, 2.05) is 30.3 Å². The zero-order valence-corrected chi connectivity index (χ0v) is 20.0. The first kappa shape index (κ1) is 23.9. The van der Waals surface area contributed by atoms with Crippen molar-refractivity contribution in [2.45, 2.75) is 51.2 Å². The van der Waals surface area contributed by atoms with Crippen LogP contribution in [0.4, 0.5) is 0 Å².